The topological polar surface area (TPSA) is 70.4 Å². The fourth-order valence-corrected chi connectivity index (χ4v) is 2.82. The summed E-state index contributed by atoms with van der Waals surface area (Å²) in [5, 5.41) is 12.3. The number of aromatic nitrogens is 2. The highest BCUT2D eigenvalue weighted by atomic mass is 19.4. The number of carbonyl (C=O) groups excluding carboxylic acids is 1. The molecular weight excluding hydrogens is 313 g/mol. The highest BCUT2D eigenvalue weighted by Crippen LogP contribution is 2.28. The van der Waals surface area contributed by atoms with Crippen LogP contribution in [0, 0.1) is 5.92 Å². The normalized spacial score (nSPS) is 21.2. The number of likely N-dealkylation sites (tertiary alicyclic amines) is 1. The highest BCUT2D eigenvalue weighted by Gasteiger charge is 2.31. The van der Waals surface area contributed by atoms with Crippen molar-refractivity contribution in [3.8, 4) is 0 Å². The molecule has 2 unspecified atom stereocenters. The highest BCUT2D eigenvalue weighted by molar-refractivity contribution is 5.78. The Balaban J connectivity index is 1.86. The maximum absolute atomic E-state index is 12.1. The summed E-state index contributed by atoms with van der Waals surface area (Å²) in [6.07, 6.45) is -0.258. The van der Waals surface area contributed by atoms with Gasteiger partial charge in [-0.15, -0.1) is 0 Å². The Labute approximate surface area is 132 Å². The van der Waals surface area contributed by atoms with E-state index in [2.05, 4.69) is 4.98 Å². The minimum absolute atomic E-state index is 0.0970. The van der Waals surface area contributed by atoms with Gasteiger partial charge in [0.15, 0.2) is 0 Å². The molecule has 2 heterocycles. The lowest BCUT2D eigenvalue weighted by molar-refractivity contribution is -0.139. The average Bonchev–Trinajstić information content (AvgIpc) is 2.90. The summed E-state index contributed by atoms with van der Waals surface area (Å²) in [5.74, 6) is -0.201. The van der Waals surface area contributed by atoms with Crippen molar-refractivity contribution in [2.45, 2.75) is 25.1 Å². The van der Waals surface area contributed by atoms with Crippen molar-refractivity contribution in [2.75, 3.05) is 26.2 Å². The predicted molar refractivity (Wildman–Crippen MR) is 76.4 cm³/mol. The number of hydrogen-bond acceptors (Lipinski definition) is 4. The van der Waals surface area contributed by atoms with E-state index in [1.807, 2.05) is 5.32 Å². The summed E-state index contributed by atoms with van der Waals surface area (Å²) < 4.78 is 38.0. The van der Waals surface area contributed by atoms with E-state index >= 15 is 0 Å². The summed E-state index contributed by atoms with van der Waals surface area (Å²) in [5.41, 5.74) is 0. The lowest BCUT2D eigenvalue weighted by atomic mass is 9.92. The molecule has 0 saturated carbocycles. The number of aliphatic hydroxyl groups is 1. The molecule has 9 heteroatoms. The number of nitrogens with zero attached hydrogens (tertiary/aromatic N) is 3. The smallest absolute Gasteiger partial charge is 0.385 e. The quantitative estimate of drug-likeness (QED) is 0.837. The third-order valence-electron chi connectivity index (χ3n) is 3.96. The number of piperidine rings is 1. The molecule has 0 spiro atoms. The monoisotopic (exact) mass is 334 g/mol. The number of amides is 1. The van der Waals surface area contributed by atoms with Crippen molar-refractivity contribution in [2.24, 2.45) is 13.0 Å². The summed E-state index contributed by atoms with van der Waals surface area (Å²) in [7, 11) is 1.79. The molecule has 0 aromatic carbocycles. The number of aryl methyl sites for hydroxylation is 1. The van der Waals surface area contributed by atoms with Crippen LogP contribution in [0.1, 0.15) is 24.8 Å². The molecule has 1 aromatic heterocycles. The van der Waals surface area contributed by atoms with Crippen LogP contribution in [-0.2, 0) is 11.8 Å². The van der Waals surface area contributed by atoms with E-state index in [0.29, 0.717) is 18.9 Å². The lowest BCUT2D eigenvalue weighted by Gasteiger charge is -2.34. The molecule has 2 rings (SSSR count). The van der Waals surface area contributed by atoms with Crippen molar-refractivity contribution < 1.29 is 23.1 Å². The molecule has 1 aromatic rings. The van der Waals surface area contributed by atoms with E-state index < -0.39 is 24.7 Å². The van der Waals surface area contributed by atoms with Crippen molar-refractivity contribution in [3.05, 3.63) is 18.2 Å². The van der Waals surface area contributed by atoms with Gasteiger partial charge in [-0.1, -0.05) is 0 Å². The van der Waals surface area contributed by atoms with Crippen molar-refractivity contribution in [1.29, 1.82) is 0 Å². The zero-order valence-corrected chi connectivity index (χ0v) is 12.9. The van der Waals surface area contributed by atoms with Crippen molar-refractivity contribution in [3.63, 3.8) is 0 Å². The molecule has 6 nitrogen and oxygen atoms in total. The first-order chi connectivity index (χ1) is 10.8. The van der Waals surface area contributed by atoms with Gasteiger partial charge in [-0.25, -0.2) is 4.98 Å². The van der Waals surface area contributed by atoms with Crippen LogP contribution in [0.25, 0.3) is 0 Å². The Hall–Kier alpha value is -1.61. The summed E-state index contributed by atoms with van der Waals surface area (Å²) in [6.45, 7) is -0.338. The number of rotatable bonds is 5. The van der Waals surface area contributed by atoms with Gasteiger partial charge in [-0.3, -0.25) is 9.69 Å². The number of imidazole rings is 1. The summed E-state index contributed by atoms with van der Waals surface area (Å²) in [6, 6.07) is 0. The van der Waals surface area contributed by atoms with Gasteiger partial charge in [-0.2, -0.15) is 13.2 Å². The third kappa shape index (κ3) is 5.21. The summed E-state index contributed by atoms with van der Waals surface area (Å²) >= 11 is 0. The Kier molecular flexibility index (Phi) is 5.64. The van der Waals surface area contributed by atoms with Gasteiger partial charge < -0.3 is 15.0 Å². The molecule has 1 amide bonds. The average molecular weight is 334 g/mol. The number of aliphatic hydroxyl groups excluding tert-OH is 1. The lowest BCUT2D eigenvalue weighted by Crippen LogP contribution is -2.45. The number of hydrogen-bond donors (Lipinski definition) is 2. The van der Waals surface area contributed by atoms with E-state index in [4.69, 9.17) is 0 Å². The van der Waals surface area contributed by atoms with Gasteiger partial charge in [0, 0.05) is 31.9 Å². The Morgan fingerprint density at radius 3 is 2.91 bits per heavy atom. The number of halogens is 3. The number of nitrogens with one attached hydrogen (secondary N) is 1. The zero-order chi connectivity index (χ0) is 17.0. The first-order valence-electron chi connectivity index (χ1n) is 7.47. The molecule has 23 heavy (non-hydrogen) atoms. The van der Waals surface area contributed by atoms with Gasteiger partial charge in [0.1, 0.15) is 18.5 Å². The first kappa shape index (κ1) is 17.7. The SMILES string of the molecule is Cn1ccnc1C(O)C1CCCN(CC(=O)NCC(F)(F)F)C1. The molecule has 1 aliphatic rings. The Morgan fingerprint density at radius 2 is 2.30 bits per heavy atom. The molecule has 1 saturated heterocycles. The molecule has 0 aliphatic carbocycles. The van der Waals surface area contributed by atoms with Gasteiger partial charge in [0.2, 0.25) is 5.91 Å². The second-order valence-electron chi connectivity index (χ2n) is 5.87. The molecule has 0 bridgehead atoms. The minimum Gasteiger partial charge on any atom is -0.385 e. The van der Waals surface area contributed by atoms with Crippen LogP contribution in [0.2, 0.25) is 0 Å². The molecular formula is C14H21F3N4O2. The molecule has 1 fully saturated rings. The molecule has 1 aliphatic heterocycles. The van der Waals surface area contributed by atoms with Crippen molar-refractivity contribution in [1.82, 2.24) is 19.8 Å². The van der Waals surface area contributed by atoms with Gasteiger partial charge >= 0.3 is 6.18 Å². The van der Waals surface area contributed by atoms with E-state index in [1.165, 1.54) is 0 Å². The van der Waals surface area contributed by atoms with Crippen LogP contribution in [0.3, 0.4) is 0 Å². The van der Waals surface area contributed by atoms with Crippen LogP contribution in [0.15, 0.2) is 12.4 Å². The van der Waals surface area contributed by atoms with Crippen LogP contribution < -0.4 is 5.32 Å². The van der Waals surface area contributed by atoms with E-state index in [-0.39, 0.29) is 12.5 Å². The van der Waals surface area contributed by atoms with Gasteiger partial charge in [0.05, 0.1) is 6.54 Å². The Bertz CT molecular complexity index is 532. The van der Waals surface area contributed by atoms with Crippen LogP contribution in [-0.4, -0.2) is 57.8 Å². The van der Waals surface area contributed by atoms with Crippen molar-refractivity contribution >= 4 is 5.91 Å². The number of alkyl halides is 3. The zero-order valence-electron chi connectivity index (χ0n) is 12.9. The molecule has 0 radical (unpaired) electrons. The van der Waals surface area contributed by atoms with Crippen LogP contribution in [0.5, 0.6) is 0 Å². The fraction of sp³-hybridized carbons (Fsp3) is 0.714. The molecule has 2 N–H and O–H groups in total. The van der Waals surface area contributed by atoms with Gasteiger partial charge in [0.25, 0.3) is 0 Å². The maximum atomic E-state index is 12.1. The number of carbonyl (C=O) groups is 1. The second kappa shape index (κ2) is 7.31. The largest absolute Gasteiger partial charge is 0.405 e. The fourth-order valence-electron chi connectivity index (χ4n) is 2.82. The Morgan fingerprint density at radius 1 is 1.57 bits per heavy atom. The van der Waals surface area contributed by atoms with E-state index in [0.717, 1.165) is 12.8 Å². The molecule has 2 atom stereocenters. The van der Waals surface area contributed by atoms with Crippen LogP contribution >= 0.6 is 0 Å². The third-order valence-corrected chi connectivity index (χ3v) is 3.96. The van der Waals surface area contributed by atoms with E-state index in [1.54, 1.807) is 28.9 Å². The maximum Gasteiger partial charge on any atom is 0.405 e. The van der Waals surface area contributed by atoms with Gasteiger partial charge in [-0.05, 0) is 19.4 Å². The molecule has 130 valence electrons. The standard InChI is InChI=1S/C14H21F3N4O2/c1-20-6-4-18-13(20)12(23)10-3-2-5-21(7-10)8-11(22)19-9-14(15,16)17/h4,6,10,12,23H,2-3,5,7-9H2,1H3,(H,19,22). The summed E-state index contributed by atoms with van der Waals surface area (Å²) in [4.78, 5) is 17.5. The van der Waals surface area contributed by atoms with E-state index in [9.17, 15) is 23.1 Å². The predicted octanol–water partition coefficient (Wildman–Crippen LogP) is 0.844. The minimum atomic E-state index is -4.41. The first-order valence-corrected chi connectivity index (χ1v) is 7.47. The second-order valence-corrected chi connectivity index (χ2v) is 5.87. The van der Waals surface area contributed by atoms with Crippen LogP contribution in [0.4, 0.5) is 13.2 Å².